The second-order valence-electron chi connectivity index (χ2n) is 4.57. The van der Waals surface area contributed by atoms with Gasteiger partial charge in [0.2, 0.25) is 0 Å². The first-order chi connectivity index (χ1) is 10.3. The van der Waals surface area contributed by atoms with Crippen LogP contribution in [0, 0.1) is 0 Å². The summed E-state index contributed by atoms with van der Waals surface area (Å²) in [5.41, 5.74) is 1.16. The number of rotatable bonds is 10. The molecule has 2 N–H and O–H groups in total. The molecular weight excluding hydrogens is 411 g/mol. The smallest absolute Gasteiger partial charge is 0.191 e. The van der Waals surface area contributed by atoms with Crippen molar-refractivity contribution >= 4 is 41.3 Å². The molecule has 22 heavy (non-hydrogen) atoms. The Hall–Kier alpha value is -0.410. The van der Waals surface area contributed by atoms with Crippen LogP contribution in [0.2, 0.25) is 0 Å². The molecule has 0 saturated heterocycles. The van der Waals surface area contributed by atoms with Gasteiger partial charge in [-0.2, -0.15) is 0 Å². The van der Waals surface area contributed by atoms with E-state index in [1.54, 1.807) is 11.3 Å². The fraction of sp³-hybridized carbons (Fsp3) is 0.733. The lowest BCUT2D eigenvalue weighted by atomic mass is 10.3. The molecule has 0 spiro atoms. The monoisotopic (exact) mass is 440 g/mol. The highest BCUT2D eigenvalue weighted by Gasteiger charge is 2.01. The van der Waals surface area contributed by atoms with Crippen LogP contribution in [-0.4, -0.2) is 43.8 Å². The number of aliphatic imine (C=N–C) groups is 1. The van der Waals surface area contributed by atoms with Gasteiger partial charge in [-0.15, -0.1) is 35.3 Å². The van der Waals surface area contributed by atoms with Crippen molar-refractivity contribution in [3.63, 3.8) is 0 Å². The third-order valence-corrected chi connectivity index (χ3v) is 3.88. The van der Waals surface area contributed by atoms with Crippen molar-refractivity contribution in [3.05, 3.63) is 16.1 Å². The molecule has 0 fully saturated rings. The Balaban J connectivity index is 0.00000441. The van der Waals surface area contributed by atoms with Crippen LogP contribution in [0.5, 0.6) is 0 Å². The van der Waals surface area contributed by atoms with Crippen molar-refractivity contribution < 1.29 is 4.74 Å². The summed E-state index contributed by atoms with van der Waals surface area (Å²) in [6.45, 7) is 10.3. The highest BCUT2D eigenvalue weighted by molar-refractivity contribution is 14.0. The van der Waals surface area contributed by atoms with Gasteiger partial charge in [-0.05, 0) is 26.7 Å². The number of aryl methyl sites for hydroxylation is 1. The topological polar surface area (TPSA) is 58.5 Å². The van der Waals surface area contributed by atoms with Crippen molar-refractivity contribution in [2.24, 2.45) is 4.99 Å². The number of nitrogens with zero attached hydrogens (tertiary/aromatic N) is 2. The number of aromatic nitrogens is 1. The fourth-order valence-corrected chi connectivity index (χ4v) is 2.56. The number of ether oxygens (including phenoxy) is 1. The van der Waals surface area contributed by atoms with Crippen molar-refractivity contribution in [1.29, 1.82) is 0 Å². The SMILES string of the molecule is CCNC(=NCCCOCC)NCCc1csc(CC)n1.I. The number of hydrogen-bond acceptors (Lipinski definition) is 4. The maximum absolute atomic E-state index is 5.31. The minimum absolute atomic E-state index is 0. The quantitative estimate of drug-likeness (QED) is 0.254. The van der Waals surface area contributed by atoms with Crippen molar-refractivity contribution in [2.75, 3.05) is 32.8 Å². The number of halogens is 1. The van der Waals surface area contributed by atoms with Crippen LogP contribution in [0.4, 0.5) is 0 Å². The van der Waals surface area contributed by atoms with E-state index < -0.39 is 0 Å². The first-order valence-corrected chi connectivity index (χ1v) is 8.71. The molecule has 1 aromatic heterocycles. The van der Waals surface area contributed by atoms with Gasteiger partial charge < -0.3 is 15.4 Å². The van der Waals surface area contributed by atoms with E-state index in [0.717, 1.165) is 63.8 Å². The Morgan fingerprint density at radius 1 is 1.32 bits per heavy atom. The fourth-order valence-electron chi connectivity index (χ4n) is 1.78. The van der Waals surface area contributed by atoms with Crippen LogP contribution >= 0.6 is 35.3 Å². The molecule has 0 aromatic carbocycles. The first kappa shape index (κ1) is 21.6. The molecule has 1 aromatic rings. The van der Waals surface area contributed by atoms with Gasteiger partial charge in [-0.1, -0.05) is 6.92 Å². The maximum atomic E-state index is 5.31. The van der Waals surface area contributed by atoms with E-state index in [1.165, 1.54) is 5.01 Å². The third-order valence-electron chi connectivity index (χ3n) is 2.84. The summed E-state index contributed by atoms with van der Waals surface area (Å²) in [7, 11) is 0. The largest absolute Gasteiger partial charge is 0.382 e. The molecule has 1 rings (SSSR count). The van der Waals surface area contributed by atoms with E-state index in [0.29, 0.717) is 0 Å². The molecule has 0 aliphatic carbocycles. The van der Waals surface area contributed by atoms with Gasteiger partial charge in [0.1, 0.15) is 0 Å². The molecule has 0 atom stereocenters. The van der Waals surface area contributed by atoms with Gasteiger partial charge >= 0.3 is 0 Å². The minimum Gasteiger partial charge on any atom is -0.382 e. The Morgan fingerprint density at radius 2 is 2.14 bits per heavy atom. The van der Waals surface area contributed by atoms with Crippen LogP contribution in [-0.2, 0) is 17.6 Å². The van der Waals surface area contributed by atoms with Gasteiger partial charge in [0.05, 0.1) is 10.7 Å². The first-order valence-electron chi connectivity index (χ1n) is 7.83. The summed E-state index contributed by atoms with van der Waals surface area (Å²) < 4.78 is 5.31. The van der Waals surface area contributed by atoms with Crippen LogP contribution < -0.4 is 10.6 Å². The molecule has 0 radical (unpaired) electrons. The molecule has 5 nitrogen and oxygen atoms in total. The predicted molar refractivity (Wildman–Crippen MR) is 106 cm³/mol. The highest BCUT2D eigenvalue weighted by Crippen LogP contribution is 2.10. The minimum atomic E-state index is 0. The van der Waals surface area contributed by atoms with E-state index in [9.17, 15) is 0 Å². The van der Waals surface area contributed by atoms with Gasteiger partial charge in [-0.25, -0.2) is 4.98 Å². The Bertz CT molecular complexity index is 412. The second-order valence-corrected chi connectivity index (χ2v) is 5.52. The normalized spacial score (nSPS) is 11.1. The summed E-state index contributed by atoms with van der Waals surface area (Å²) in [5.74, 6) is 0.875. The van der Waals surface area contributed by atoms with E-state index in [-0.39, 0.29) is 24.0 Å². The summed E-state index contributed by atoms with van der Waals surface area (Å²) in [6, 6.07) is 0. The molecule has 0 amide bonds. The van der Waals surface area contributed by atoms with E-state index in [1.807, 2.05) is 6.92 Å². The lowest BCUT2D eigenvalue weighted by Gasteiger charge is -2.10. The van der Waals surface area contributed by atoms with E-state index in [2.05, 4.69) is 39.8 Å². The van der Waals surface area contributed by atoms with Crippen molar-refractivity contribution in [2.45, 2.75) is 40.0 Å². The van der Waals surface area contributed by atoms with Gasteiger partial charge in [0.15, 0.2) is 5.96 Å². The number of hydrogen-bond donors (Lipinski definition) is 2. The molecule has 128 valence electrons. The summed E-state index contributed by atoms with van der Waals surface area (Å²) in [6.07, 6.45) is 2.90. The zero-order valence-electron chi connectivity index (χ0n) is 13.9. The van der Waals surface area contributed by atoms with Crippen LogP contribution in [0.25, 0.3) is 0 Å². The average Bonchev–Trinajstić information content (AvgIpc) is 2.95. The molecule has 0 unspecified atom stereocenters. The number of thiazole rings is 1. The summed E-state index contributed by atoms with van der Waals surface area (Å²) >= 11 is 1.74. The standard InChI is InChI=1S/C15H28N4OS.HI/c1-4-14-19-13(12-21-14)8-10-18-15(16-5-2)17-9-7-11-20-6-3;/h12H,4-11H2,1-3H3,(H2,16,17,18);1H. The number of guanidine groups is 1. The Kier molecular flexibility index (Phi) is 13.9. The second kappa shape index (κ2) is 14.2. The van der Waals surface area contributed by atoms with Crippen LogP contribution in [0.15, 0.2) is 10.4 Å². The third kappa shape index (κ3) is 9.58. The highest BCUT2D eigenvalue weighted by atomic mass is 127. The molecule has 7 heteroatoms. The maximum Gasteiger partial charge on any atom is 0.191 e. The van der Waals surface area contributed by atoms with Crippen LogP contribution in [0.1, 0.15) is 37.9 Å². The summed E-state index contributed by atoms with van der Waals surface area (Å²) in [5, 5.41) is 9.96. The lowest BCUT2D eigenvalue weighted by Crippen LogP contribution is -2.38. The van der Waals surface area contributed by atoms with E-state index in [4.69, 9.17) is 4.74 Å². The molecule has 1 heterocycles. The molecule has 0 saturated carbocycles. The number of nitrogens with one attached hydrogen (secondary N) is 2. The molecule has 0 aliphatic rings. The van der Waals surface area contributed by atoms with E-state index >= 15 is 0 Å². The Labute approximate surface area is 155 Å². The van der Waals surface area contributed by atoms with Crippen LogP contribution in [0.3, 0.4) is 0 Å². The zero-order chi connectivity index (χ0) is 15.3. The summed E-state index contributed by atoms with van der Waals surface area (Å²) in [4.78, 5) is 9.10. The molecule has 0 aliphatic heterocycles. The lowest BCUT2D eigenvalue weighted by molar-refractivity contribution is 0.146. The van der Waals surface area contributed by atoms with Crippen molar-refractivity contribution in [3.8, 4) is 0 Å². The predicted octanol–water partition coefficient (Wildman–Crippen LogP) is 2.85. The van der Waals surface area contributed by atoms with Crippen molar-refractivity contribution in [1.82, 2.24) is 15.6 Å². The van der Waals surface area contributed by atoms with Gasteiger partial charge in [0, 0.05) is 44.6 Å². The zero-order valence-corrected chi connectivity index (χ0v) is 17.0. The van der Waals surface area contributed by atoms with Gasteiger partial charge in [0.25, 0.3) is 0 Å². The molecular formula is C15H29IN4OS. The Morgan fingerprint density at radius 3 is 2.77 bits per heavy atom. The average molecular weight is 440 g/mol. The van der Waals surface area contributed by atoms with Gasteiger partial charge in [-0.3, -0.25) is 4.99 Å². The molecule has 0 bridgehead atoms.